The van der Waals surface area contributed by atoms with Crippen LogP contribution < -0.4 is 0 Å². The van der Waals surface area contributed by atoms with Crippen LogP contribution in [0.1, 0.15) is 206 Å². The van der Waals surface area contributed by atoms with Gasteiger partial charge in [0, 0.05) is 12.8 Å². The molecule has 0 radical (unpaired) electrons. The zero-order chi connectivity index (χ0) is 41.6. The average molecular weight is 811 g/mol. The highest BCUT2D eigenvalue weighted by atomic mass is 16.7. The van der Waals surface area contributed by atoms with Gasteiger partial charge in [-0.3, -0.25) is 9.59 Å². The van der Waals surface area contributed by atoms with Crippen LogP contribution in [-0.4, -0.2) is 89.0 Å². The first kappa shape index (κ1) is 53.2. The second kappa shape index (κ2) is 38.4. The normalized spacial score (nSPS) is 20.4. The molecule has 10 heteroatoms. The van der Waals surface area contributed by atoms with Gasteiger partial charge < -0.3 is 39.4 Å². The lowest BCUT2D eigenvalue weighted by Gasteiger charge is -2.39. The lowest BCUT2D eigenvalue weighted by atomic mass is 9.99. The average Bonchev–Trinajstić information content (AvgIpc) is 3.21. The molecule has 0 aromatic rings. The Labute approximate surface area is 347 Å². The maximum atomic E-state index is 12.8. The lowest BCUT2D eigenvalue weighted by Crippen LogP contribution is -2.59. The maximum Gasteiger partial charge on any atom is 0.306 e. The largest absolute Gasteiger partial charge is 0.462 e. The second-order valence-corrected chi connectivity index (χ2v) is 16.2. The van der Waals surface area contributed by atoms with Crippen molar-refractivity contribution in [2.45, 2.75) is 243 Å². The van der Waals surface area contributed by atoms with Crippen LogP contribution in [0.2, 0.25) is 0 Å². The van der Waals surface area contributed by atoms with E-state index in [9.17, 15) is 30.0 Å². The van der Waals surface area contributed by atoms with Crippen LogP contribution in [0, 0.1) is 0 Å². The van der Waals surface area contributed by atoms with Gasteiger partial charge in [0.15, 0.2) is 12.4 Å². The standard InChI is InChI=1S/C47H86O10/c1-3-5-7-9-11-13-15-17-18-19-20-21-22-24-26-28-30-32-34-36-43(50)56-40(39-55-47-46(53)45(52)44(51)41(37-48)57-47)38-54-42(49)35-33-31-29-27-25-23-16-14-12-10-8-6-4-2/h14,16-18,40-41,44-48,51-53H,3-13,15,19-39H2,1-2H3/b16-14-,18-17-. The summed E-state index contributed by atoms with van der Waals surface area (Å²) in [5, 5.41) is 40.1. The number of carbonyl (C=O) groups is 2. The van der Waals surface area contributed by atoms with Crippen molar-refractivity contribution in [2.75, 3.05) is 19.8 Å². The highest BCUT2D eigenvalue weighted by molar-refractivity contribution is 5.70. The molecule has 1 aliphatic heterocycles. The van der Waals surface area contributed by atoms with Gasteiger partial charge in [-0.15, -0.1) is 0 Å². The Bertz CT molecular complexity index is 985. The van der Waals surface area contributed by atoms with Crippen molar-refractivity contribution in [3.8, 4) is 0 Å². The summed E-state index contributed by atoms with van der Waals surface area (Å²) in [5.41, 5.74) is 0. The van der Waals surface area contributed by atoms with Gasteiger partial charge in [0.1, 0.15) is 31.0 Å². The highest BCUT2D eigenvalue weighted by Gasteiger charge is 2.44. The number of esters is 2. The van der Waals surface area contributed by atoms with Crippen molar-refractivity contribution in [1.82, 2.24) is 0 Å². The fourth-order valence-corrected chi connectivity index (χ4v) is 7.06. The van der Waals surface area contributed by atoms with Crippen LogP contribution in [0.3, 0.4) is 0 Å². The quantitative estimate of drug-likeness (QED) is 0.0268. The Morgan fingerprint density at radius 3 is 1.39 bits per heavy atom. The molecule has 0 aliphatic carbocycles. The Morgan fingerprint density at radius 1 is 0.526 bits per heavy atom. The molecule has 1 heterocycles. The zero-order valence-electron chi connectivity index (χ0n) is 36.3. The molecule has 1 fully saturated rings. The molecule has 334 valence electrons. The van der Waals surface area contributed by atoms with Crippen LogP contribution in [0.5, 0.6) is 0 Å². The number of hydrogen-bond donors (Lipinski definition) is 4. The van der Waals surface area contributed by atoms with E-state index >= 15 is 0 Å². The van der Waals surface area contributed by atoms with Crippen molar-refractivity contribution in [1.29, 1.82) is 0 Å². The Balaban J connectivity index is 2.30. The molecule has 57 heavy (non-hydrogen) atoms. The van der Waals surface area contributed by atoms with Crippen molar-refractivity contribution in [3.05, 3.63) is 24.3 Å². The molecule has 0 saturated carbocycles. The predicted octanol–water partition coefficient (Wildman–Crippen LogP) is 10.1. The molecular formula is C47H86O10. The van der Waals surface area contributed by atoms with E-state index < -0.39 is 49.4 Å². The van der Waals surface area contributed by atoms with E-state index in [1.165, 1.54) is 116 Å². The molecule has 0 bridgehead atoms. The number of aliphatic hydroxyl groups excluding tert-OH is 4. The first-order chi connectivity index (χ1) is 27.8. The third-order valence-corrected chi connectivity index (χ3v) is 10.8. The zero-order valence-corrected chi connectivity index (χ0v) is 36.3. The van der Waals surface area contributed by atoms with E-state index in [0.29, 0.717) is 6.42 Å². The Hall–Kier alpha value is -1.82. The van der Waals surface area contributed by atoms with Crippen LogP contribution >= 0.6 is 0 Å². The topological polar surface area (TPSA) is 152 Å². The summed E-state index contributed by atoms with van der Waals surface area (Å²) in [5.74, 6) is -0.814. The van der Waals surface area contributed by atoms with E-state index in [-0.39, 0.29) is 32.0 Å². The molecule has 10 nitrogen and oxygen atoms in total. The molecule has 0 aromatic carbocycles. The molecule has 4 N–H and O–H groups in total. The maximum absolute atomic E-state index is 12.8. The fourth-order valence-electron chi connectivity index (χ4n) is 7.06. The van der Waals surface area contributed by atoms with Crippen molar-refractivity contribution in [3.63, 3.8) is 0 Å². The second-order valence-electron chi connectivity index (χ2n) is 16.2. The molecule has 0 amide bonds. The van der Waals surface area contributed by atoms with E-state index in [2.05, 4.69) is 38.2 Å². The number of unbranched alkanes of at least 4 members (excludes halogenated alkanes) is 24. The lowest BCUT2D eigenvalue weighted by molar-refractivity contribution is -0.305. The van der Waals surface area contributed by atoms with E-state index in [1.54, 1.807) is 0 Å². The van der Waals surface area contributed by atoms with Gasteiger partial charge in [-0.05, 0) is 64.2 Å². The summed E-state index contributed by atoms with van der Waals surface area (Å²) >= 11 is 0. The van der Waals surface area contributed by atoms with Crippen molar-refractivity contribution in [2.24, 2.45) is 0 Å². The monoisotopic (exact) mass is 811 g/mol. The van der Waals surface area contributed by atoms with Crippen molar-refractivity contribution < 1.29 is 49.0 Å². The van der Waals surface area contributed by atoms with Crippen LogP contribution in [0.4, 0.5) is 0 Å². The van der Waals surface area contributed by atoms with Gasteiger partial charge >= 0.3 is 11.9 Å². The highest BCUT2D eigenvalue weighted by Crippen LogP contribution is 2.23. The minimum Gasteiger partial charge on any atom is -0.462 e. The molecule has 6 atom stereocenters. The number of hydrogen-bond acceptors (Lipinski definition) is 10. The predicted molar refractivity (Wildman–Crippen MR) is 229 cm³/mol. The number of rotatable bonds is 39. The third kappa shape index (κ3) is 30.0. The molecule has 0 aromatic heterocycles. The van der Waals surface area contributed by atoms with Crippen molar-refractivity contribution >= 4 is 11.9 Å². The summed E-state index contributed by atoms with van der Waals surface area (Å²) in [4.78, 5) is 25.3. The third-order valence-electron chi connectivity index (χ3n) is 10.8. The summed E-state index contributed by atoms with van der Waals surface area (Å²) in [6.07, 6.45) is 34.7. The van der Waals surface area contributed by atoms with Gasteiger partial charge in [0.2, 0.25) is 0 Å². The number of ether oxygens (including phenoxy) is 4. The number of carbonyl (C=O) groups excluding carboxylic acids is 2. The van der Waals surface area contributed by atoms with Gasteiger partial charge in [0.05, 0.1) is 13.2 Å². The number of allylic oxidation sites excluding steroid dienone is 4. The van der Waals surface area contributed by atoms with Crippen LogP contribution in [0.25, 0.3) is 0 Å². The van der Waals surface area contributed by atoms with E-state index in [4.69, 9.17) is 18.9 Å². The van der Waals surface area contributed by atoms with E-state index in [0.717, 1.165) is 57.8 Å². The van der Waals surface area contributed by atoms with Gasteiger partial charge in [0.25, 0.3) is 0 Å². The minimum atomic E-state index is -1.59. The molecule has 0 spiro atoms. The number of aliphatic hydroxyl groups is 4. The van der Waals surface area contributed by atoms with Gasteiger partial charge in [-0.1, -0.05) is 154 Å². The molecule has 6 unspecified atom stereocenters. The van der Waals surface area contributed by atoms with Gasteiger partial charge in [-0.25, -0.2) is 0 Å². The summed E-state index contributed by atoms with van der Waals surface area (Å²) in [6, 6.07) is 0. The Kier molecular flexibility index (Phi) is 35.8. The van der Waals surface area contributed by atoms with Crippen LogP contribution in [-0.2, 0) is 28.5 Å². The first-order valence-corrected chi connectivity index (χ1v) is 23.4. The Morgan fingerprint density at radius 2 is 0.930 bits per heavy atom. The minimum absolute atomic E-state index is 0.220. The molecule has 1 saturated heterocycles. The summed E-state index contributed by atoms with van der Waals surface area (Å²) < 4.78 is 22.2. The molecule has 1 rings (SSSR count). The smallest absolute Gasteiger partial charge is 0.306 e. The summed E-state index contributed by atoms with van der Waals surface area (Å²) in [7, 11) is 0. The van der Waals surface area contributed by atoms with Crippen LogP contribution in [0.15, 0.2) is 24.3 Å². The summed E-state index contributed by atoms with van der Waals surface area (Å²) in [6.45, 7) is 3.41. The van der Waals surface area contributed by atoms with E-state index in [1.807, 2.05) is 0 Å². The SMILES string of the molecule is CCCCCC/C=C\CCCCCCCC(=O)OCC(COC1OC(CO)C(O)C(O)C1O)OC(=O)CCCCCCCCCCC/C=C\CCCCCCCC. The fraction of sp³-hybridized carbons (Fsp3) is 0.872. The first-order valence-electron chi connectivity index (χ1n) is 23.4. The molecular weight excluding hydrogens is 725 g/mol. The molecule has 1 aliphatic rings. The van der Waals surface area contributed by atoms with Gasteiger partial charge in [-0.2, -0.15) is 0 Å².